The summed E-state index contributed by atoms with van der Waals surface area (Å²) in [5, 5.41) is 7.16. The first kappa shape index (κ1) is 16.8. The fourth-order valence-electron chi connectivity index (χ4n) is 2.45. The van der Waals surface area contributed by atoms with Crippen LogP contribution in [0.4, 0.5) is 5.69 Å². The highest BCUT2D eigenvalue weighted by Gasteiger charge is 2.06. The third kappa shape index (κ3) is 4.47. The third-order valence-corrected chi connectivity index (χ3v) is 3.85. The van der Waals surface area contributed by atoms with Crippen molar-refractivity contribution in [2.45, 2.75) is 26.3 Å². The van der Waals surface area contributed by atoms with Crippen molar-refractivity contribution >= 4 is 11.6 Å². The van der Waals surface area contributed by atoms with Gasteiger partial charge in [0.25, 0.3) is 0 Å². The van der Waals surface area contributed by atoms with Gasteiger partial charge >= 0.3 is 0 Å². The van der Waals surface area contributed by atoms with E-state index in [4.69, 9.17) is 10.3 Å². The van der Waals surface area contributed by atoms with E-state index in [1.807, 2.05) is 48.5 Å². The second-order valence-corrected chi connectivity index (χ2v) is 6.16. The Kier molecular flexibility index (Phi) is 5.14. The lowest BCUT2D eigenvalue weighted by Gasteiger charge is -2.09. The van der Waals surface area contributed by atoms with Gasteiger partial charge in [0.05, 0.1) is 6.54 Å². The molecule has 3 aromatic rings. The molecular formula is C20H22N4O. The molecule has 0 saturated carbocycles. The van der Waals surface area contributed by atoms with E-state index >= 15 is 0 Å². The molecule has 0 fully saturated rings. The fraction of sp³-hybridized carbons (Fsp3) is 0.200. The average Bonchev–Trinajstić information content (AvgIpc) is 3.10. The highest BCUT2D eigenvalue weighted by atomic mass is 16.5. The number of anilines is 1. The molecule has 0 radical (unpaired) electrons. The van der Waals surface area contributed by atoms with Gasteiger partial charge in [0, 0.05) is 17.3 Å². The Balaban J connectivity index is 1.64. The summed E-state index contributed by atoms with van der Waals surface area (Å²) in [5.74, 6) is 1.54. The SMILES string of the molecule is CC(C)c1cccc(NC(N)=NCc2cc(-c3ccccc3)on2)c1. The number of nitrogens with two attached hydrogens (primary N) is 1. The molecule has 0 amide bonds. The number of benzene rings is 2. The van der Waals surface area contributed by atoms with Crippen molar-refractivity contribution in [3.63, 3.8) is 0 Å². The molecule has 1 heterocycles. The molecule has 3 rings (SSSR count). The van der Waals surface area contributed by atoms with Crippen LogP contribution < -0.4 is 11.1 Å². The second-order valence-electron chi connectivity index (χ2n) is 6.16. The van der Waals surface area contributed by atoms with Gasteiger partial charge in [-0.2, -0.15) is 0 Å². The van der Waals surface area contributed by atoms with Gasteiger partial charge in [0.15, 0.2) is 11.7 Å². The maximum atomic E-state index is 5.98. The molecule has 0 aliphatic carbocycles. The Bertz CT molecular complexity index is 853. The summed E-state index contributed by atoms with van der Waals surface area (Å²) in [6.07, 6.45) is 0. The molecule has 0 aliphatic heterocycles. The minimum absolute atomic E-state index is 0.352. The quantitative estimate of drug-likeness (QED) is 0.536. The Morgan fingerprint density at radius 3 is 2.68 bits per heavy atom. The van der Waals surface area contributed by atoms with E-state index < -0.39 is 0 Å². The third-order valence-electron chi connectivity index (χ3n) is 3.85. The molecular weight excluding hydrogens is 312 g/mol. The number of hydrogen-bond donors (Lipinski definition) is 2. The molecule has 3 N–H and O–H groups in total. The fourth-order valence-corrected chi connectivity index (χ4v) is 2.45. The first-order chi connectivity index (χ1) is 12.1. The lowest BCUT2D eigenvalue weighted by Crippen LogP contribution is -2.22. The van der Waals surface area contributed by atoms with Crippen LogP contribution in [0.1, 0.15) is 31.0 Å². The highest BCUT2D eigenvalue weighted by Crippen LogP contribution is 2.20. The average molecular weight is 334 g/mol. The predicted octanol–water partition coefficient (Wildman–Crippen LogP) is 4.39. The first-order valence-corrected chi connectivity index (χ1v) is 8.30. The van der Waals surface area contributed by atoms with Crippen LogP contribution in [0.25, 0.3) is 11.3 Å². The lowest BCUT2D eigenvalue weighted by atomic mass is 10.0. The number of aromatic nitrogens is 1. The van der Waals surface area contributed by atoms with Gasteiger partial charge in [-0.15, -0.1) is 0 Å². The smallest absolute Gasteiger partial charge is 0.193 e. The van der Waals surface area contributed by atoms with Crippen molar-refractivity contribution in [3.05, 3.63) is 71.9 Å². The van der Waals surface area contributed by atoms with E-state index in [1.54, 1.807) is 0 Å². The number of nitrogens with one attached hydrogen (secondary N) is 1. The van der Waals surface area contributed by atoms with Crippen LogP contribution in [0, 0.1) is 0 Å². The van der Waals surface area contributed by atoms with Crippen LogP contribution in [0.2, 0.25) is 0 Å². The molecule has 2 aromatic carbocycles. The molecule has 5 heteroatoms. The summed E-state index contributed by atoms with van der Waals surface area (Å²) in [4.78, 5) is 4.33. The van der Waals surface area contributed by atoms with Gasteiger partial charge in [-0.3, -0.25) is 0 Å². The van der Waals surface area contributed by atoms with E-state index in [-0.39, 0.29) is 0 Å². The molecule has 25 heavy (non-hydrogen) atoms. The summed E-state index contributed by atoms with van der Waals surface area (Å²) in [6.45, 7) is 4.68. The molecule has 5 nitrogen and oxygen atoms in total. The Hall–Kier alpha value is -3.08. The number of rotatable bonds is 5. The van der Waals surface area contributed by atoms with Gasteiger partial charge in [-0.1, -0.05) is 61.5 Å². The van der Waals surface area contributed by atoms with Crippen LogP contribution in [0.5, 0.6) is 0 Å². The topological polar surface area (TPSA) is 76.4 Å². The monoisotopic (exact) mass is 334 g/mol. The van der Waals surface area contributed by atoms with Gasteiger partial charge in [0.1, 0.15) is 5.69 Å². The van der Waals surface area contributed by atoms with Gasteiger partial charge < -0.3 is 15.6 Å². The minimum Gasteiger partial charge on any atom is -0.370 e. The van der Waals surface area contributed by atoms with Crippen molar-refractivity contribution in [2.75, 3.05) is 5.32 Å². The molecule has 0 unspecified atom stereocenters. The maximum Gasteiger partial charge on any atom is 0.193 e. The number of aliphatic imine (C=N–C) groups is 1. The maximum absolute atomic E-state index is 5.98. The molecule has 128 valence electrons. The first-order valence-electron chi connectivity index (χ1n) is 8.30. The molecule has 1 aromatic heterocycles. The second kappa shape index (κ2) is 7.66. The zero-order chi connectivity index (χ0) is 17.6. The largest absolute Gasteiger partial charge is 0.370 e. The summed E-state index contributed by atoms with van der Waals surface area (Å²) in [5.41, 5.74) is 9.88. The Labute approximate surface area is 147 Å². The minimum atomic E-state index is 0.352. The lowest BCUT2D eigenvalue weighted by molar-refractivity contribution is 0.424. The summed E-state index contributed by atoms with van der Waals surface area (Å²) in [6, 6.07) is 19.9. The van der Waals surface area contributed by atoms with Crippen molar-refractivity contribution in [1.82, 2.24) is 5.16 Å². The number of guanidine groups is 1. The highest BCUT2D eigenvalue weighted by molar-refractivity contribution is 5.92. The zero-order valence-corrected chi connectivity index (χ0v) is 14.4. The van der Waals surface area contributed by atoms with E-state index in [1.165, 1.54) is 5.56 Å². The van der Waals surface area contributed by atoms with Crippen LogP contribution in [0.3, 0.4) is 0 Å². The van der Waals surface area contributed by atoms with Crippen molar-refractivity contribution in [1.29, 1.82) is 0 Å². The summed E-state index contributed by atoms with van der Waals surface area (Å²) < 4.78 is 5.36. The molecule has 0 bridgehead atoms. The molecule has 0 spiro atoms. The van der Waals surface area contributed by atoms with Crippen LogP contribution in [0.15, 0.2) is 70.2 Å². The number of hydrogen-bond acceptors (Lipinski definition) is 3. The van der Waals surface area contributed by atoms with E-state index in [2.05, 4.69) is 41.4 Å². The number of nitrogens with zero attached hydrogens (tertiary/aromatic N) is 2. The standard InChI is InChI=1S/C20H22N4O/c1-14(2)16-9-6-10-17(11-16)23-20(21)22-13-18-12-19(25-24-18)15-7-4-3-5-8-15/h3-12,14H,13H2,1-2H3,(H3,21,22,23). The van der Waals surface area contributed by atoms with Crippen LogP contribution >= 0.6 is 0 Å². The zero-order valence-electron chi connectivity index (χ0n) is 14.4. The van der Waals surface area contributed by atoms with E-state index in [0.29, 0.717) is 18.4 Å². The summed E-state index contributed by atoms with van der Waals surface area (Å²) in [7, 11) is 0. The van der Waals surface area contributed by atoms with Crippen molar-refractivity contribution in [3.8, 4) is 11.3 Å². The van der Waals surface area contributed by atoms with Gasteiger partial charge in [-0.05, 0) is 23.6 Å². The van der Waals surface area contributed by atoms with Crippen LogP contribution in [-0.2, 0) is 6.54 Å². The summed E-state index contributed by atoms with van der Waals surface area (Å²) >= 11 is 0. The predicted molar refractivity (Wildman–Crippen MR) is 101 cm³/mol. The Morgan fingerprint density at radius 1 is 1.12 bits per heavy atom. The van der Waals surface area contributed by atoms with E-state index in [9.17, 15) is 0 Å². The van der Waals surface area contributed by atoms with E-state index in [0.717, 1.165) is 22.7 Å². The molecule has 0 saturated heterocycles. The van der Waals surface area contributed by atoms with Gasteiger partial charge in [0.2, 0.25) is 0 Å². The van der Waals surface area contributed by atoms with Crippen LogP contribution in [-0.4, -0.2) is 11.1 Å². The molecule has 0 atom stereocenters. The molecule has 0 aliphatic rings. The normalized spacial score (nSPS) is 11.7. The van der Waals surface area contributed by atoms with Gasteiger partial charge in [-0.25, -0.2) is 4.99 Å². The van der Waals surface area contributed by atoms with Crippen molar-refractivity contribution < 1.29 is 4.52 Å². The van der Waals surface area contributed by atoms with Crippen molar-refractivity contribution in [2.24, 2.45) is 10.7 Å². The Morgan fingerprint density at radius 2 is 1.92 bits per heavy atom.